The average Bonchev–Trinajstić information content (AvgIpc) is 3.54. The van der Waals surface area contributed by atoms with Crippen molar-refractivity contribution in [2.75, 3.05) is 0 Å². The number of carbonyl (C=O) groups excluding carboxylic acids is 2. The Labute approximate surface area is 226 Å². The third-order valence-corrected chi connectivity index (χ3v) is 1.79. The normalized spacial score (nSPS) is 10.1. The molecule has 10 N–H and O–H groups in total. The molecule has 2 aliphatic heterocycles. The van der Waals surface area contributed by atoms with Gasteiger partial charge in [0.05, 0.1) is 24.9 Å². The molecule has 26 heteroatoms. The second kappa shape index (κ2) is 26.8. The van der Waals surface area contributed by atoms with Crippen molar-refractivity contribution in [1.82, 2.24) is 0 Å². The molecule has 0 unspecified atom stereocenters. The van der Waals surface area contributed by atoms with Gasteiger partial charge in [0, 0.05) is 0 Å². The van der Waals surface area contributed by atoms with E-state index in [1.54, 1.807) is 0 Å². The van der Waals surface area contributed by atoms with E-state index in [9.17, 15) is 9.59 Å². The van der Waals surface area contributed by atoms with Gasteiger partial charge in [-0.3, -0.25) is 0 Å². The highest BCUT2D eigenvalue weighted by Gasteiger charge is 2.06. The van der Waals surface area contributed by atoms with Gasteiger partial charge >= 0.3 is 71.8 Å². The van der Waals surface area contributed by atoms with Gasteiger partial charge in [-0.25, -0.2) is 57.5 Å². The second-order valence-electron chi connectivity index (χ2n) is 4.73. The van der Waals surface area contributed by atoms with Crippen LogP contribution in [-0.2, 0) is 47.9 Å². The Balaban J connectivity index is -0.000000127. The number of hydrogen-bond donors (Lipinski definition) is 10. The molecule has 0 bridgehead atoms. The van der Waals surface area contributed by atoms with Crippen molar-refractivity contribution >= 4 is 96.6 Å². The highest BCUT2D eigenvalue weighted by atomic mass is 16.5. The largest absolute Gasteiger partial charge is 0.473 e. The Hall–Kier alpha value is -7.28. The highest BCUT2D eigenvalue weighted by molar-refractivity contribution is 6.29. The lowest BCUT2D eigenvalue weighted by Crippen LogP contribution is -2.09. The number of aliphatic carboxylic acids is 10. The van der Waals surface area contributed by atoms with Gasteiger partial charge in [-0.1, -0.05) is 0 Å². The molecule has 0 aromatic heterocycles. The van der Waals surface area contributed by atoms with Crippen molar-refractivity contribution in [2.45, 2.75) is 0 Å². The van der Waals surface area contributed by atoms with Gasteiger partial charge in [0.1, 0.15) is 0 Å². The van der Waals surface area contributed by atoms with Crippen molar-refractivity contribution in [3.63, 3.8) is 0 Å². The van der Waals surface area contributed by atoms with Crippen molar-refractivity contribution < 1.29 is 109 Å². The fourth-order valence-electron chi connectivity index (χ4n) is 0.455. The van der Waals surface area contributed by atoms with Crippen LogP contribution in [0.4, 0.5) is 9.59 Å². The van der Waals surface area contributed by atoms with Crippen LogP contribution in [0.25, 0.3) is 0 Å². The zero-order valence-corrected chi connectivity index (χ0v) is 19.5. The molecular formula is C16H14N4O22. The first kappa shape index (κ1) is 44.7. The minimum Gasteiger partial charge on any atom is -0.473 e. The number of hydrogen-bond acceptors (Lipinski definition) is 12. The quantitative estimate of drug-likeness (QED) is 0.117. The summed E-state index contributed by atoms with van der Waals surface area (Å²) in [5.41, 5.74) is 0. The van der Waals surface area contributed by atoms with E-state index in [1.165, 1.54) is 24.9 Å². The van der Waals surface area contributed by atoms with Gasteiger partial charge < -0.3 is 51.1 Å². The maximum absolute atomic E-state index is 9.85. The average molecular weight is 614 g/mol. The third-order valence-electron chi connectivity index (χ3n) is 1.79. The SMILES string of the molecule is O=C(O)C(=O)O.O=C(O)C(=O)O.O=C(O)C(=O)O.O=C(O)C(=O)O.O=C(O)C(=O)O.O=C1N=CC=N1.O=C1N=CC=N1. The molecule has 0 aliphatic carbocycles. The predicted molar refractivity (Wildman–Crippen MR) is 121 cm³/mol. The first-order chi connectivity index (χ1) is 19.0. The minimum atomic E-state index is -1.82. The van der Waals surface area contributed by atoms with E-state index in [4.69, 9.17) is 99.0 Å². The molecule has 0 spiro atoms. The summed E-state index contributed by atoms with van der Waals surface area (Å²) in [4.78, 5) is 124. The first-order valence-electron chi connectivity index (χ1n) is 8.53. The van der Waals surface area contributed by atoms with Gasteiger partial charge in [-0.05, 0) is 0 Å². The molecule has 0 saturated heterocycles. The number of carbonyl (C=O) groups is 12. The Bertz CT molecular complexity index is 933. The van der Waals surface area contributed by atoms with Crippen LogP contribution in [0.1, 0.15) is 0 Å². The van der Waals surface area contributed by atoms with Crippen LogP contribution in [0, 0.1) is 0 Å². The highest BCUT2D eigenvalue weighted by Crippen LogP contribution is 1.82. The zero-order valence-electron chi connectivity index (χ0n) is 19.5. The van der Waals surface area contributed by atoms with Gasteiger partial charge in [-0.15, -0.1) is 0 Å². The van der Waals surface area contributed by atoms with Crippen LogP contribution < -0.4 is 0 Å². The molecule has 26 nitrogen and oxygen atoms in total. The number of urea groups is 2. The molecule has 0 aromatic rings. The zero-order chi connectivity index (χ0) is 34.6. The molecule has 2 heterocycles. The Morgan fingerprint density at radius 1 is 0.310 bits per heavy atom. The summed E-state index contributed by atoms with van der Waals surface area (Å²) in [6, 6.07) is -0.815. The minimum absolute atomic E-state index is 0.407. The number of carboxylic acids is 10. The second-order valence-corrected chi connectivity index (χ2v) is 4.73. The summed E-state index contributed by atoms with van der Waals surface area (Å²) in [7, 11) is 0. The van der Waals surface area contributed by atoms with Crippen LogP contribution in [0.2, 0.25) is 0 Å². The lowest BCUT2D eigenvalue weighted by Gasteiger charge is -1.72. The molecule has 0 fully saturated rings. The molecular weight excluding hydrogens is 600 g/mol. The topological polar surface area (TPSA) is 457 Å². The van der Waals surface area contributed by atoms with Crippen LogP contribution in [-0.4, -0.2) is 148 Å². The molecule has 0 saturated carbocycles. The smallest absolute Gasteiger partial charge is 0.414 e. The number of amides is 4. The Kier molecular flexibility index (Phi) is 28.5. The number of rotatable bonds is 0. The third kappa shape index (κ3) is 46.1. The van der Waals surface area contributed by atoms with Gasteiger partial charge in [0.2, 0.25) is 0 Å². The van der Waals surface area contributed by atoms with E-state index in [0.717, 1.165) is 0 Å². The van der Waals surface area contributed by atoms with Crippen molar-refractivity contribution in [1.29, 1.82) is 0 Å². The van der Waals surface area contributed by atoms with Crippen molar-refractivity contribution in [3.8, 4) is 0 Å². The molecule has 42 heavy (non-hydrogen) atoms. The van der Waals surface area contributed by atoms with E-state index in [2.05, 4.69) is 20.0 Å². The summed E-state index contributed by atoms with van der Waals surface area (Å²) in [6.45, 7) is 0. The summed E-state index contributed by atoms with van der Waals surface area (Å²) in [5, 5.41) is 73.9. The molecule has 0 aromatic carbocycles. The fraction of sp³-hybridized carbons (Fsp3) is 0. The Morgan fingerprint density at radius 3 is 0.429 bits per heavy atom. The summed E-state index contributed by atoms with van der Waals surface area (Å²) in [6.07, 6.45) is 5.45. The molecule has 2 rings (SSSR count). The maximum Gasteiger partial charge on any atom is 0.414 e. The Morgan fingerprint density at radius 2 is 0.405 bits per heavy atom. The molecule has 0 atom stereocenters. The van der Waals surface area contributed by atoms with E-state index in [-0.39, 0.29) is 0 Å². The maximum atomic E-state index is 9.85. The number of nitrogens with zero attached hydrogens (tertiary/aromatic N) is 4. The van der Waals surface area contributed by atoms with Crippen LogP contribution in [0.3, 0.4) is 0 Å². The predicted octanol–water partition coefficient (Wildman–Crippen LogP) is -3.70. The molecule has 2 aliphatic rings. The molecule has 0 radical (unpaired) electrons. The first-order valence-corrected chi connectivity index (χ1v) is 8.53. The van der Waals surface area contributed by atoms with E-state index < -0.39 is 71.8 Å². The molecule has 4 amide bonds. The van der Waals surface area contributed by atoms with Crippen LogP contribution in [0.5, 0.6) is 0 Å². The van der Waals surface area contributed by atoms with Gasteiger partial charge in [0.15, 0.2) is 0 Å². The summed E-state index contributed by atoms with van der Waals surface area (Å²) in [5.74, 6) is -18.2. The monoisotopic (exact) mass is 614 g/mol. The lowest BCUT2D eigenvalue weighted by atomic mass is 10.7. The fourth-order valence-corrected chi connectivity index (χ4v) is 0.455. The summed E-state index contributed by atoms with van der Waals surface area (Å²) < 4.78 is 0. The van der Waals surface area contributed by atoms with Crippen molar-refractivity contribution in [2.24, 2.45) is 20.0 Å². The summed E-state index contributed by atoms with van der Waals surface area (Å²) >= 11 is 0. The van der Waals surface area contributed by atoms with E-state index in [0.29, 0.717) is 0 Å². The van der Waals surface area contributed by atoms with Gasteiger partial charge in [0.25, 0.3) is 0 Å². The van der Waals surface area contributed by atoms with E-state index in [1.807, 2.05) is 0 Å². The van der Waals surface area contributed by atoms with Crippen molar-refractivity contribution in [3.05, 3.63) is 0 Å². The molecule has 230 valence electrons. The van der Waals surface area contributed by atoms with Gasteiger partial charge in [-0.2, -0.15) is 20.0 Å². The standard InChI is InChI=1S/2C3H2N2O.5C2H2O4/c2*6-3-4-1-2-5-3;5*3-1(4)2(5)6/h2*1-2H;5*(H,3,4)(H,5,6). The number of carboxylic acid groups (broad SMARTS) is 10. The van der Waals surface area contributed by atoms with Crippen LogP contribution in [0.15, 0.2) is 20.0 Å². The number of aliphatic imine (C=N–C) groups is 4. The van der Waals surface area contributed by atoms with Crippen LogP contribution >= 0.6 is 0 Å². The lowest BCUT2D eigenvalue weighted by molar-refractivity contribution is -0.159. The van der Waals surface area contributed by atoms with E-state index >= 15 is 0 Å².